The van der Waals surface area contributed by atoms with Crippen LogP contribution in [0.4, 0.5) is 0 Å². The maximum absolute atomic E-state index is 4.68. The molecule has 0 aromatic heterocycles. The number of allylic oxidation sites excluding steroid dienone is 2. The average molecular weight is 248 g/mol. The number of rotatable bonds is 2. The third-order valence-corrected chi connectivity index (χ3v) is 4.08. The van der Waals surface area contributed by atoms with Gasteiger partial charge in [-0.05, 0) is 51.4 Å². The summed E-state index contributed by atoms with van der Waals surface area (Å²) in [7, 11) is 0. The molecule has 2 aliphatic carbocycles. The van der Waals surface area contributed by atoms with E-state index in [1.807, 2.05) is 0 Å². The lowest BCUT2D eigenvalue weighted by atomic mass is 9.99. The van der Waals surface area contributed by atoms with E-state index in [9.17, 15) is 0 Å². The van der Waals surface area contributed by atoms with Gasteiger partial charge in [0.15, 0.2) is 0 Å². The van der Waals surface area contributed by atoms with Crippen molar-refractivity contribution in [2.24, 2.45) is 5.10 Å². The first-order chi connectivity index (χ1) is 8.95. The highest BCUT2D eigenvalue weighted by molar-refractivity contribution is 5.84. The van der Waals surface area contributed by atoms with Crippen LogP contribution in [-0.2, 0) is 0 Å². The van der Waals surface area contributed by atoms with Crippen molar-refractivity contribution < 1.29 is 0 Å². The van der Waals surface area contributed by atoms with E-state index in [1.165, 1.54) is 94.9 Å². The monoisotopic (exact) mass is 248 g/mol. The highest BCUT2D eigenvalue weighted by atomic mass is 15.3. The quantitative estimate of drug-likeness (QED) is 0.690. The summed E-state index contributed by atoms with van der Waals surface area (Å²) in [6.45, 7) is 0. The zero-order valence-corrected chi connectivity index (χ0v) is 11.7. The van der Waals surface area contributed by atoms with Gasteiger partial charge in [0, 0.05) is 11.4 Å². The maximum atomic E-state index is 4.68. The first-order valence-corrected chi connectivity index (χ1v) is 7.95. The Hall–Kier alpha value is -0.790. The van der Waals surface area contributed by atoms with Crippen LogP contribution in [0.3, 0.4) is 0 Å². The van der Waals surface area contributed by atoms with E-state index < -0.39 is 0 Å². The molecule has 0 aromatic rings. The van der Waals surface area contributed by atoms with E-state index in [0.717, 1.165) is 0 Å². The minimum Gasteiger partial charge on any atom is -0.283 e. The van der Waals surface area contributed by atoms with Gasteiger partial charge in [0.25, 0.3) is 0 Å². The first-order valence-electron chi connectivity index (χ1n) is 7.95. The average Bonchev–Trinajstić information content (AvgIpc) is 2.29. The van der Waals surface area contributed by atoms with Crippen LogP contribution in [0.1, 0.15) is 83.5 Å². The van der Waals surface area contributed by atoms with Crippen molar-refractivity contribution in [3.63, 3.8) is 0 Å². The zero-order valence-electron chi connectivity index (χ0n) is 11.7. The minimum atomic E-state index is 1.19. The van der Waals surface area contributed by atoms with Gasteiger partial charge in [0.05, 0.1) is 0 Å². The third kappa shape index (κ3) is 5.24. The van der Waals surface area contributed by atoms with Crippen molar-refractivity contribution in [3.8, 4) is 0 Å². The molecule has 2 heteroatoms. The summed E-state index contributed by atoms with van der Waals surface area (Å²) < 4.78 is 0. The molecule has 0 unspecified atom stereocenters. The van der Waals surface area contributed by atoms with E-state index in [-0.39, 0.29) is 0 Å². The van der Waals surface area contributed by atoms with E-state index in [1.54, 1.807) is 0 Å². The Kier molecular flexibility index (Phi) is 6.32. The highest BCUT2D eigenvalue weighted by Gasteiger charge is 2.06. The SMILES string of the molecule is C1=C(/NN=C2CCCCCCC2)CCCCCC/1. The van der Waals surface area contributed by atoms with Gasteiger partial charge >= 0.3 is 0 Å². The lowest BCUT2D eigenvalue weighted by Crippen LogP contribution is -2.12. The summed E-state index contributed by atoms with van der Waals surface area (Å²) in [5.74, 6) is 0. The second kappa shape index (κ2) is 8.34. The molecule has 0 radical (unpaired) electrons. The van der Waals surface area contributed by atoms with Crippen LogP contribution in [0.15, 0.2) is 16.9 Å². The standard InChI is InChI=1S/C16H28N2/c1-3-7-11-15(12-8-4-1)17-18-16-13-9-5-2-6-10-14-16/h11,17H,1-10,12-14H2/b15-11+. The molecule has 1 N–H and O–H groups in total. The van der Waals surface area contributed by atoms with E-state index in [0.29, 0.717) is 0 Å². The molecule has 18 heavy (non-hydrogen) atoms. The Bertz CT molecular complexity index is 281. The van der Waals surface area contributed by atoms with Gasteiger partial charge in [0.1, 0.15) is 0 Å². The molecule has 0 bridgehead atoms. The van der Waals surface area contributed by atoms with Crippen molar-refractivity contribution in [1.29, 1.82) is 0 Å². The van der Waals surface area contributed by atoms with E-state index >= 15 is 0 Å². The number of hydrazone groups is 1. The van der Waals surface area contributed by atoms with Crippen molar-refractivity contribution >= 4 is 5.71 Å². The summed E-state index contributed by atoms with van der Waals surface area (Å²) in [6.07, 6.45) is 19.5. The summed E-state index contributed by atoms with van der Waals surface area (Å²) in [4.78, 5) is 0. The smallest absolute Gasteiger partial charge is 0.0382 e. The van der Waals surface area contributed by atoms with Crippen LogP contribution in [0.5, 0.6) is 0 Å². The fourth-order valence-electron chi connectivity index (χ4n) is 2.87. The van der Waals surface area contributed by atoms with Gasteiger partial charge in [-0.2, -0.15) is 5.10 Å². The van der Waals surface area contributed by atoms with E-state index in [2.05, 4.69) is 16.6 Å². The molecule has 2 aliphatic rings. The lowest BCUT2D eigenvalue weighted by Gasteiger charge is -2.14. The van der Waals surface area contributed by atoms with Gasteiger partial charge in [-0.1, -0.05) is 38.2 Å². The predicted molar refractivity (Wildman–Crippen MR) is 78.7 cm³/mol. The van der Waals surface area contributed by atoms with Gasteiger partial charge < -0.3 is 0 Å². The number of nitrogens with zero attached hydrogens (tertiary/aromatic N) is 1. The van der Waals surface area contributed by atoms with Crippen LogP contribution < -0.4 is 5.43 Å². The number of nitrogens with one attached hydrogen (secondary N) is 1. The van der Waals surface area contributed by atoms with Crippen molar-refractivity contribution in [1.82, 2.24) is 5.43 Å². The molecule has 0 atom stereocenters. The lowest BCUT2D eigenvalue weighted by molar-refractivity contribution is 0.592. The second-order valence-corrected chi connectivity index (χ2v) is 5.74. The van der Waals surface area contributed by atoms with Crippen molar-refractivity contribution in [3.05, 3.63) is 11.8 Å². The summed E-state index contributed by atoms with van der Waals surface area (Å²) in [6, 6.07) is 0. The summed E-state index contributed by atoms with van der Waals surface area (Å²) in [5.41, 5.74) is 6.12. The van der Waals surface area contributed by atoms with Gasteiger partial charge in [0.2, 0.25) is 0 Å². The second-order valence-electron chi connectivity index (χ2n) is 5.74. The normalized spacial score (nSPS) is 26.0. The molecule has 102 valence electrons. The zero-order chi connectivity index (χ0) is 12.5. The Labute approximate surface area is 112 Å². The maximum Gasteiger partial charge on any atom is 0.0382 e. The molecule has 0 amide bonds. The van der Waals surface area contributed by atoms with E-state index in [4.69, 9.17) is 0 Å². The topological polar surface area (TPSA) is 24.4 Å². The van der Waals surface area contributed by atoms with Crippen LogP contribution in [0.2, 0.25) is 0 Å². The Morgan fingerprint density at radius 2 is 1.33 bits per heavy atom. The van der Waals surface area contributed by atoms with Crippen LogP contribution in [0, 0.1) is 0 Å². The molecule has 0 saturated heterocycles. The summed E-state index contributed by atoms with van der Waals surface area (Å²) >= 11 is 0. The molecule has 0 aliphatic heterocycles. The number of hydrogen-bond acceptors (Lipinski definition) is 2. The fourth-order valence-corrected chi connectivity index (χ4v) is 2.87. The first kappa shape index (κ1) is 13.6. The fraction of sp³-hybridized carbons (Fsp3) is 0.812. The van der Waals surface area contributed by atoms with Gasteiger partial charge in [-0.15, -0.1) is 0 Å². The van der Waals surface area contributed by atoms with Crippen LogP contribution >= 0.6 is 0 Å². The molecule has 0 spiro atoms. The summed E-state index contributed by atoms with van der Waals surface area (Å²) in [5, 5.41) is 4.68. The van der Waals surface area contributed by atoms with Crippen molar-refractivity contribution in [2.45, 2.75) is 83.5 Å². The Balaban J connectivity index is 1.82. The molecule has 2 nitrogen and oxygen atoms in total. The van der Waals surface area contributed by atoms with Gasteiger partial charge in [-0.25, -0.2) is 0 Å². The predicted octanol–water partition coefficient (Wildman–Crippen LogP) is 4.91. The Morgan fingerprint density at radius 1 is 0.722 bits per heavy atom. The highest BCUT2D eigenvalue weighted by Crippen LogP contribution is 2.17. The van der Waals surface area contributed by atoms with Gasteiger partial charge in [-0.3, -0.25) is 5.43 Å². The van der Waals surface area contributed by atoms with Crippen LogP contribution in [-0.4, -0.2) is 5.71 Å². The Morgan fingerprint density at radius 3 is 2.11 bits per heavy atom. The van der Waals surface area contributed by atoms with Crippen molar-refractivity contribution in [2.75, 3.05) is 0 Å². The molecular formula is C16H28N2. The third-order valence-electron chi connectivity index (χ3n) is 4.08. The molecule has 1 saturated carbocycles. The molecule has 0 aromatic carbocycles. The largest absolute Gasteiger partial charge is 0.283 e. The molecule has 0 heterocycles. The number of hydrogen-bond donors (Lipinski definition) is 1. The minimum absolute atomic E-state index is 1.19. The van der Waals surface area contributed by atoms with Crippen LogP contribution in [0.25, 0.3) is 0 Å². The molecule has 1 fully saturated rings. The molecule has 2 rings (SSSR count). The molecular weight excluding hydrogens is 220 g/mol.